The maximum absolute atomic E-state index is 12.2. The molecule has 2 amide bonds. The van der Waals surface area contributed by atoms with Crippen LogP contribution in [0.15, 0.2) is 24.3 Å². The van der Waals surface area contributed by atoms with Crippen LogP contribution < -0.4 is 15.4 Å². The second kappa shape index (κ2) is 9.18. The summed E-state index contributed by atoms with van der Waals surface area (Å²) in [6, 6.07) is 6.63. The van der Waals surface area contributed by atoms with Gasteiger partial charge in [-0.1, -0.05) is 6.92 Å². The summed E-state index contributed by atoms with van der Waals surface area (Å²) >= 11 is 1.35. The third-order valence-electron chi connectivity index (χ3n) is 3.73. The van der Waals surface area contributed by atoms with Crippen molar-refractivity contribution in [2.75, 3.05) is 24.4 Å². The Morgan fingerprint density at radius 2 is 1.89 bits per heavy atom. The first-order valence-electron chi connectivity index (χ1n) is 8.36. The molecule has 0 fully saturated rings. The molecule has 0 unspecified atom stereocenters. The Kier molecular flexibility index (Phi) is 6.95. The van der Waals surface area contributed by atoms with Gasteiger partial charge in [0.2, 0.25) is 5.91 Å². The number of benzene rings is 1. The highest BCUT2D eigenvalue weighted by atomic mass is 32.1. The van der Waals surface area contributed by atoms with E-state index in [1.54, 1.807) is 24.3 Å². The minimum Gasteiger partial charge on any atom is -0.495 e. The van der Waals surface area contributed by atoms with E-state index in [1.165, 1.54) is 25.4 Å². The van der Waals surface area contributed by atoms with Gasteiger partial charge in [0.15, 0.2) is 6.61 Å². The molecule has 1 aromatic heterocycles. The number of carbonyl (C=O) groups excluding carboxylic acids is 3. The Bertz CT molecular complexity index is 860. The van der Waals surface area contributed by atoms with Gasteiger partial charge in [0.05, 0.1) is 12.8 Å². The van der Waals surface area contributed by atoms with Gasteiger partial charge >= 0.3 is 5.97 Å². The van der Waals surface area contributed by atoms with Gasteiger partial charge in [0.25, 0.3) is 5.91 Å². The molecule has 27 heavy (non-hydrogen) atoms. The maximum Gasteiger partial charge on any atom is 0.348 e. The van der Waals surface area contributed by atoms with Crippen LogP contribution >= 0.6 is 11.3 Å². The van der Waals surface area contributed by atoms with Crippen molar-refractivity contribution in [3.05, 3.63) is 39.6 Å². The molecular formula is C19H22N2O5S. The summed E-state index contributed by atoms with van der Waals surface area (Å²) in [5.74, 6) is -0.850. The number of aryl methyl sites for hydroxylation is 2. The van der Waals surface area contributed by atoms with Crippen LogP contribution in [-0.2, 0) is 20.7 Å². The number of ether oxygens (including phenoxy) is 2. The van der Waals surface area contributed by atoms with Crippen LogP contribution in [0.1, 0.15) is 34.0 Å². The molecule has 0 aliphatic heterocycles. The number of nitrogens with one attached hydrogen (secondary N) is 2. The van der Waals surface area contributed by atoms with E-state index < -0.39 is 18.5 Å². The molecule has 0 saturated carbocycles. The molecule has 0 aliphatic carbocycles. The van der Waals surface area contributed by atoms with Crippen molar-refractivity contribution in [3.63, 3.8) is 0 Å². The SMILES string of the molecule is CCc1cc(C(=O)OCC(=O)Nc2cc(NC(C)=O)ccc2OC)sc1C. The monoisotopic (exact) mass is 390 g/mol. The lowest BCUT2D eigenvalue weighted by atomic mass is 10.2. The first kappa shape index (κ1) is 20.4. The van der Waals surface area contributed by atoms with E-state index in [0.29, 0.717) is 22.0 Å². The van der Waals surface area contributed by atoms with Crippen molar-refractivity contribution in [1.29, 1.82) is 0 Å². The molecule has 2 rings (SSSR count). The highest BCUT2D eigenvalue weighted by Gasteiger charge is 2.16. The van der Waals surface area contributed by atoms with Crippen LogP contribution in [0.25, 0.3) is 0 Å². The van der Waals surface area contributed by atoms with Crippen LogP contribution in [0, 0.1) is 6.92 Å². The van der Waals surface area contributed by atoms with Crippen LogP contribution in [0.4, 0.5) is 11.4 Å². The fourth-order valence-electron chi connectivity index (χ4n) is 2.45. The first-order chi connectivity index (χ1) is 12.8. The standard InChI is InChI=1S/C19H22N2O5S/c1-5-13-8-17(27-11(13)2)19(24)26-10-18(23)21-15-9-14(20-12(3)22)6-7-16(15)25-4/h6-9H,5,10H2,1-4H3,(H,20,22)(H,21,23). The summed E-state index contributed by atoms with van der Waals surface area (Å²) in [5, 5.41) is 5.25. The Labute approximate surface area is 161 Å². The van der Waals surface area contributed by atoms with E-state index >= 15 is 0 Å². The van der Waals surface area contributed by atoms with Crippen LogP contribution in [0.2, 0.25) is 0 Å². The molecule has 7 nitrogen and oxygen atoms in total. The minimum absolute atomic E-state index is 0.232. The smallest absolute Gasteiger partial charge is 0.348 e. The Balaban J connectivity index is 2.00. The maximum atomic E-state index is 12.2. The molecule has 1 heterocycles. The van der Waals surface area contributed by atoms with E-state index in [-0.39, 0.29) is 5.91 Å². The summed E-state index contributed by atoms with van der Waals surface area (Å²) in [7, 11) is 1.47. The number of methoxy groups -OCH3 is 1. The van der Waals surface area contributed by atoms with Crippen LogP contribution in [0.5, 0.6) is 5.75 Å². The third-order valence-corrected chi connectivity index (χ3v) is 4.80. The summed E-state index contributed by atoms with van der Waals surface area (Å²) in [5.41, 5.74) is 1.97. The minimum atomic E-state index is -0.531. The number of hydrogen-bond donors (Lipinski definition) is 2. The fourth-order valence-corrected chi connectivity index (χ4v) is 3.45. The predicted octanol–water partition coefficient (Wildman–Crippen LogP) is 3.38. The largest absolute Gasteiger partial charge is 0.495 e. The Morgan fingerprint density at radius 3 is 2.48 bits per heavy atom. The van der Waals surface area contributed by atoms with E-state index in [4.69, 9.17) is 9.47 Å². The van der Waals surface area contributed by atoms with Gasteiger partial charge in [-0.05, 0) is 43.2 Å². The van der Waals surface area contributed by atoms with E-state index in [1.807, 2.05) is 13.8 Å². The molecule has 2 N–H and O–H groups in total. The van der Waals surface area contributed by atoms with Crippen molar-refractivity contribution in [2.24, 2.45) is 0 Å². The fraction of sp³-hybridized carbons (Fsp3) is 0.316. The van der Waals surface area contributed by atoms with Gasteiger partial charge in [-0.3, -0.25) is 9.59 Å². The molecule has 1 aromatic carbocycles. The molecule has 0 spiro atoms. The lowest BCUT2D eigenvalue weighted by Crippen LogP contribution is -2.21. The number of anilines is 2. The molecule has 0 aliphatic rings. The lowest BCUT2D eigenvalue weighted by molar-refractivity contribution is -0.119. The predicted molar refractivity (Wildman–Crippen MR) is 105 cm³/mol. The van der Waals surface area contributed by atoms with Crippen molar-refractivity contribution < 1.29 is 23.9 Å². The third kappa shape index (κ3) is 5.55. The first-order valence-corrected chi connectivity index (χ1v) is 9.17. The zero-order valence-electron chi connectivity index (χ0n) is 15.7. The van der Waals surface area contributed by atoms with Crippen LogP contribution in [0.3, 0.4) is 0 Å². The molecule has 0 bridgehead atoms. The number of hydrogen-bond acceptors (Lipinski definition) is 6. The number of thiophene rings is 1. The van der Waals surface area contributed by atoms with Gasteiger partial charge in [-0.15, -0.1) is 11.3 Å². The summed E-state index contributed by atoms with van der Waals surface area (Å²) in [6.07, 6.45) is 0.834. The summed E-state index contributed by atoms with van der Waals surface area (Å²) < 4.78 is 10.3. The number of esters is 1. The summed E-state index contributed by atoms with van der Waals surface area (Å²) in [6.45, 7) is 4.92. The topological polar surface area (TPSA) is 93.7 Å². The highest BCUT2D eigenvalue weighted by Crippen LogP contribution is 2.28. The molecule has 0 atom stereocenters. The molecule has 0 saturated heterocycles. The lowest BCUT2D eigenvalue weighted by Gasteiger charge is -2.12. The highest BCUT2D eigenvalue weighted by molar-refractivity contribution is 7.14. The quantitative estimate of drug-likeness (QED) is 0.707. The second-order valence-corrected chi connectivity index (χ2v) is 7.02. The van der Waals surface area contributed by atoms with Gasteiger partial charge in [-0.2, -0.15) is 0 Å². The Morgan fingerprint density at radius 1 is 1.15 bits per heavy atom. The number of rotatable bonds is 7. The normalized spacial score (nSPS) is 10.2. The molecule has 0 radical (unpaired) electrons. The van der Waals surface area contributed by atoms with Crippen molar-refractivity contribution in [1.82, 2.24) is 0 Å². The molecular weight excluding hydrogens is 368 g/mol. The number of carbonyl (C=O) groups is 3. The summed E-state index contributed by atoms with van der Waals surface area (Å²) in [4.78, 5) is 37.0. The van der Waals surface area contributed by atoms with Gasteiger partial charge < -0.3 is 20.1 Å². The molecule has 144 valence electrons. The van der Waals surface area contributed by atoms with Crippen molar-refractivity contribution in [2.45, 2.75) is 27.2 Å². The van der Waals surface area contributed by atoms with Gasteiger partial charge in [0, 0.05) is 17.5 Å². The van der Waals surface area contributed by atoms with Crippen LogP contribution in [-0.4, -0.2) is 31.5 Å². The average molecular weight is 390 g/mol. The van der Waals surface area contributed by atoms with Gasteiger partial charge in [0.1, 0.15) is 10.6 Å². The molecule has 2 aromatic rings. The van der Waals surface area contributed by atoms with Gasteiger partial charge in [-0.25, -0.2) is 4.79 Å². The second-order valence-electron chi connectivity index (χ2n) is 5.77. The molecule has 8 heteroatoms. The zero-order chi connectivity index (χ0) is 20.0. The van der Waals surface area contributed by atoms with Crippen molar-refractivity contribution in [3.8, 4) is 5.75 Å². The van der Waals surface area contributed by atoms with E-state index in [9.17, 15) is 14.4 Å². The van der Waals surface area contributed by atoms with Crippen molar-refractivity contribution >= 4 is 40.5 Å². The Hall–Kier alpha value is -2.87. The number of amides is 2. The average Bonchev–Trinajstić information content (AvgIpc) is 3.00. The van der Waals surface area contributed by atoms with E-state index in [2.05, 4.69) is 10.6 Å². The zero-order valence-corrected chi connectivity index (χ0v) is 16.5. The van der Waals surface area contributed by atoms with E-state index in [0.717, 1.165) is 16.9 Å².